The van der Waals surface area contributed by atoms with E-state index in [2.05, 4.69) is 5.32 Å². The summed E-state index contributed by atoms with van der Waals surface area (Å²) >= 11 is 0. The fourth-order valence-corrected chi connectivity index (χ4v) is 4.05. The first-order valence-electron chi connectivity index (χ1n) is 10.7. The number of amides is 1. The summed E-state index contributed by atoms with van der Waals surface area (Å²) in [7, 11) is 1.55. The van der Waals surface area contributed by atoms with Crippen molar-refractivity contribution >= 4 is 17.3 Å². The summed E-state index contributed by atoms with van der Waals surface area (Å²) in [6, 6.07) is 18.2. The van der Waals surface area contributed by atoms with Gasteiger partial charge >= 0.3 is 0 Å². The maximum absolute atomic E-state index is 13.1. The van der Waals surface area contributed by atoms with Crippen LogP contribution in [-0.2, 0) is 17.9 Å². The van der Waals surface area contributed by atoms with Crippen molar-refractivity contribution in [2.24, 2.45) is 0 Å². The minimum absolute atomic E-state index is 0.000170. The second kappa shape index (κ2) is 10.7. The maximum Gasteiger partial charge on any atom is 0.272 e. The molecule has 0 unspecified atom stereocenters. The molecule has 0 aromatic heterocycles. The quantitative estimate of drug-likeness (QED) is 0.366. The predicted molar refractivity (Wildman–Crippen MR) is 128 cm³/mol. The number of benzene rings is 3. The van der Waals surface area contributed by atoms with Crippen LogP contribution in [0.4, 0.5) is 11.4 Å². The molecule has 0 bridgehead atoms. The van der Waals surface area contributed by atoms with Crippen molar-refractivity contribution in [2.75, 3.05) is 7.05 Å². The van der Waals surface area contributed by atoms with E-state index in [1.165, 1.54) is 12.1 Å². The van der Waals surface area contributed by atoms with Crippen LogP contribution in [0.1, 0.15) is 33.9 Å². The van der Waals surface area contributed by atoms with E-state index < -0.39 is 15.9 Å². The maximum atomic E-state index is 13.1. The monoisotopic (exact) mass is 462 g/mol. The van der Waals surface area contributed by atoms with E-state index >= 15 is 0 Å². The Kier molecular flexibility index (Phi) is 7.70. The summed E-state index contributed by atoms with van der Waals surface area (Å²) in [5, 5.41) is 25.6. The molecule has 0 aliphatic carbocycles. The molecule has 0 saturated heterocycles. The van der Waals surface area contributed by atoms with Crippen molar-refractivity contribution in [3.05, 3.63) is 115 Å². The Hall–Kier alpha value is -4.11. The second-order valence-electron chi connectivity index (χ2n) is 7.97. The van der Waals surface area contributed by atoms with Crippen LogP contribution < -0.4 is 5.32 Å². The van der Waals surface area contributed by atoms with Crippen molar-refractivity contribution in [3.8, 4) is 0 Å². The fraction of sp³-hybridized carbons (Fsp3) is 0.240. The highest BCUT2D eigenvalue weighted by Gasteiger charge is 2.29. The van der Waals surface area contributed by atoms with Crippen LogP contribution in [0.2, 0.25) is 0 Å². The fourth-order valence-electron chi connectivity index (χ4n) is 4.05. The van der Waals surface area contributed by atoms with E-state index in [1.807, 2.05) is 35.2 Å². The lowest BCUT2D eigenvalue weighted by Gasteiger charge is -2.32. The van der Waals surface area contributed by atoms with E-state index in [4.69, 9.17) is 0 Å². The Morgan fingerprint density at radius 3 is 1.71 bits per heavy atom. The topological polar surface area (TPSA) is 119 Å². The molecular weight excluding hydrogens is 436 g/mol. The summed E-state index contributed by atoms with van der Waals surface area (Å²) in [6.45, 7) is 3.81. The number of rotatable bonds is 9. The average molecular weight is 463 g/mol. The third kappa shape index (κ3) is 5.26. The van der Waals surface area contributed by atoms with Crippen molar-refractivity contribution in [3.63, 3.8) is 0 Å². The zero-order valence-corrected chi connectivity index (χ0v) is 19.2. The Labute approximate surface area is 197 Å². The molecule has 3 rings (SSSR count). The van der Waals surface area contributed by atoms with Gasteiger partial charge < -0.3 is 5.32 Å². The van der Waals surface area contributed by atoms with Gasteiger partial charge in [0.1, 0.15) is 6.04 Å². The molecule has 1 atom stereocenters. The molecule has 1 N–H and O–H groups in total. The molecule has 176 valence electrons. The van der Waals surface area contributed by atoms with Gasteiger partial charge in [-0.1, -0.05) is 54.6 Å². The number of carbonyl (C=O) groups excluding carboxylic acids is 1. The number of hydrogen-bond acceptors (Lipinski definition) is 6. The molecule has 1 amide bonds. The summed E-state index contributed by atoms with van der Waals surface area (Å²) < 4.78 is 0. The van der Waals surface area contributed by atoms with Gasteiger partial charge in [-0.15, -0.1) is 0 Å². The number of nitrogens with zero attached hydrogens (tertiary/aromatic N) is 3. The van der Waals surface area contributed by atoms with E-state index in [1.54, 1.807) is 45.2 Å². The minimum atomic E-state index is -0.719. The van der Waals surface area contributed by atoms with Crippen molar-refractivity contribution in [2.45, 2.75) is 33.0 Å². The third-order valence-electron chi connectivity index (χ3n) is 5.95. The van der Waals surface area contributed by atoms with Gasteiger partial charge in [-0.05, 0) is 30.5 Å². The molecule has 3 aromatic rings. The average Bonchev–Trinajstić information content (AvgIpc) is 2.81. The van der Waals surface area contributed by atoms with Crippen LogP contribution >= 0.6 is 0 Å². The summed E-state index contributed by atoms with van der Waals surface area (Å²) in [4.78, 5) is 37.0. The zero-order valence-electron chi connectivity index (χ0n) is 19.2. The smallest absolute Gasteiger partial charge is 0.272 e. The highest BCUT2D eigenvalue weighted by atomic mass is 16.6. The normalized spacial score (nSPS) is 11.8. The highest BCUT2D eigenvalue weighted by Crippen LogP contribution is 2.31. The largest absolute Gasteiger partial charge is 0.358 e. The van der Waals surface area contributed by atoms with Gasteiger partial charge in [-0.2, -0.15) is 0 Å². The molecule has 0 spiro atoms. The molecule has 3 aromatic carbocycles. The molecule has 0 heterocycles. The molecule has 0 radical (unpaired) electrons. The summed E-state index contributed by atoms with van der Waals surface area (Å²) in [5.41, 5.74) is 3.16. The van der Waals surface area contributed by atoms with Crippen LogP contribution in [0.3, 0.4) is 0 Å². The number of nitro benzene ring substituents is 2. The first-order chi connectivity index (χ1) is 16.2. The van der Waals surface area contributed by atoms with Crippen molar-refractivity contribution in [1.82, 2.24) is 10.2 Å². The zero-order chi connectivity index (χ0) is 24.8. The van der Waals surface area contributed by atoms with E-state index in [0.29, 0.717) is 22.3 Å². The molecule has 9 heteroatoms. The standard InChI is InChI=1S/C25H26N4O5/c1-17-20(11-7-13-22(17)28(31)32)15-27(16-21-12-8-14-23(18(21)2)29(33)34)24(25(30)26-3)19-9-5-4-6-10-19/h4-14,24H,15-16H2,1-3H3,(H,26,30)/t24-/m0/s1. The first kappa shape index (κ1) is 24.5. The van der Waals surface area contributed by atoms with Gasteiger partial charge in [-0.25, -0.2) is 0 Å². The number of hydrogen-bond donors (Lipinski definition) is 1. The molecular formula is C25H26N4O5. The van der Waals surface area contributed by atoms with Gasteiger partial charge in [-0.3, -0.25) is 29.9 Å². The Bertz CT molecular complexity index is 1150. The first-order valence-corrected chi connectivity index (χ1v) is 10.7. The lowest BCUT2D eigenvalue weighted by Crippen LogP contribution is -2.39. The van der Waals surface area contributed by atoms with Crippen LogP contribution in [0.15, 0.2) is 66.7 Å². The number of likely N-dealkylation sites (N-methyl/N-ethyl adjacent to an activating group) is 1. The Morgan fingerprint density at radius 2 is 1.29 bits per heavy atom. The van der Waals surface area contributed by atoms with Gasteiger partial charge in [0, 0.05) is 43.4 Å². The van der Waals surface area contributed by atoms with E-state index in [0.717, 1.165) is 5.56 Å². The SMILES string of the molecule is CNC(=O)[C@H](c1ccccc1)N(Cc1cccc([N+](=O)[O-])c1C)Cc1cccc([N+](=O)[O-])c1C. The lowest BCUT2D eigenvalue weighted by atomic mass is 9.99. The highest BCUT2D eigenvalue weighted by molar-refractivity contribution is 5.83. The van der Waals surface area contributed by atoms with Crippen molar-refractivity contribution in [1.29, 1.82) is 0 Å². The Morgan fingerprint density at radius 1 is 0.824 bits per heavy atom. The number of carbonyl (C=O) groups is 1. The predicted octanol–water partition coefficient (Wildman–Crippen LogP) is 4.61. The van der Waals surface area contributed by atoms with Gasteiger partial charge in [0.2, 0.25) is 5.91 Å². The van der Waals surface area contributed by atoms with Gasteiger partial charge in [0.05, 0.1) is 9.85 Å². The molecule has 0 aliphatic heterocycles. The van der Waals surface area contributed by atoms with Gasteiger partial charge in [0.25, 0.3) is 11.4 Å². The van der Waals surface area contributed by atoms with Gasteiger partial charge in [0.15, 0.2) is 0 Å². The second-order valence-corrected chi connectivity index (χ2v) is 7.97. The summed E-state index contributed by atoms with van der Waals surface area (Å²) in [6.07, 6.45) is 0. The number of nitrogens with one attached hydrogen (secondary N) is 1. The van der Waals surface area contributed by atoms with Crippen LogP contribution in [0.5, 0.6) is 0 Å². The molecule has 0 aliphatic rings. The van der Waals surface area contributed by atoms with Crippen molar-refractivity contribution < 1.29 is 14.6 Å². The van der Waals surface area contributed by atoms with Crippen LogP contribution in [0.25, 0.3) is 0 Å². The minimum Gasteiger partial charge on any atom is -0.358 e. The lowest BCUT2D eigenvalue weighted by molar-refractivity contribution is -0.385. The van der Waals surface area contributed by atoms with Crippen LogP contribution in [-0.4, -0.2) is 27.7 Å². The summed E-state index contributed by atoms with van der Waals surface area (Å²) in [5.74, 6) is -0.252. The molecule has 0 saturated carbocycles. The van der Waals surface area contributed by atoms with E-state index in [9.17, 15) is 25.0 Å². The molecule has 9 nitrogen and oxygen atoms in total. The molecule has 0 fully saturated rings. The third-order valence-corrected chi connectivity index (χ3v) is 5.95. The van der Waals surface area contributed by atoms with Crippen LogP contribution in [0, 0.1) is 34.1 Å². The molecule has 34 heavy (non-hydrogen) atoms. The number of nitro groups is 2. The van der Waals surface area contributed by atoms with E-state index in [-0.39, 0.29) is 30.4 Å². The Balaban J connectivity index is 2.13.